The van der Waals surface area contributed by atoms with Gasteiger partial charge in [0, 0.05) is 16.7 Å². The first-order valence-corrected chi connectivity index (χ1v) is 8.21. The second kappa shape index (κ2) is 10.2. The Balaban J connectivity index is 1.79. The van der Waals surface area contributed by atoms with Gasteiger partial charge in [0.05, 0.1) is 0 Å². The third-order valence-corrected chi connectivity index (χ3v) is 3.44. The average Bonchev–Trinajstić information content (AvgIpc) is 2.65. The number of alkyl halides is 2. The van der Waals surface area contributed by atoms with Gasteiger partial charge in [0.2, 0.25) is 0 Å². The van der Waals surface area contributed by atoms with Crippen LogP contribution in [0, 0.1) is 0 Å². The molecule has 0 heterocycles. The number of carbonyl (C=O) groups is 3. The Morgan fingerprint density at radius 1 is 1.11 bits per heavy atom. The lowest BCUT2D eigenvalue weighted by atomic mass is 10.2. The van der Waals surface area contributed by atoms with Crippen molar-refractivity contribution in [3.63, 3.8) is 0 Å². The summed E-state index contributed by atoms with van der Waals surface area (Å²) in [6.07, 6.45) is 2.57. The van der Waals surface area contributed by atoms with Crippen molar-refractivity contribution in [3.05, 3.63) is 70.8 Å². The van der Waals surface area contributed by atoms with E-state index in [1.165, 1.54) is 18.2 Å². The molecule has 0 saturated carbocycles. The molecule has 0 saturated heterocycles. The molecule has 0 aromatic heterocycles. The first kappa shape index (κ1) is 21.0. The zero-order chi connectivity index (χ0) is 20.5. The average molecular weight is 410 g/mol. The minimum absolute atomic E-state index is 0.0437. The standard InChI is InChI=1S/C19H14ClF2NO5/c20-14-3-1-2-12(10-14)4-9-17(25)27-11-16(24)23-18(26)13-5-7-15(8-6-13)28-19(21)22/h1-10,19H,11H2,(H,23,24,26)/b9-4+. The largest absolute Gasteiger partial charge is 0.452 e. The molecule has 0 aliphatic rings. The maximum Gasteiger partial charge on any atom is 0.387 e. The van der Waals surface area contributed by atoms with Crippen LogP contribution in [-0.2, 0) is 14.3 Å². The van der Waals surface area contributed by atoms with Crippen LogP contribution in [0.2, 0.25) is 5.02 Å². The summed E-state index contributed by atoms with van der Waals surface area (Å²) in [6, 6.07) is 11.5. The van der Waals surface area contributed by atoms with Gasteiger partial charge in [0.15, 0.2) is 6.61 Å². The Labute approximate surface area is 163 Å². The minimum atomic E-state index is -2.98. The molecule has 2 aromatic rings. The van der Waals surface area contributed by atoms with Gasteiger partial charge in [-0.25, -0.2) is 4.79 Å². The zero-order valence-corrected chi connectivity index (χ0v) is 15.0. The van der Waals surface area contributed by atoms with Crippen molar-refractivity contribution in [2.24, 2.45) is 0 Å². The van der Waals surface area contributed by atoms with Crippen LogP contribution in [0.5, 0.6) is 5.75 Å². The van der Waals surface area contributed by atoms with Crippen LogP contribution in [0.4, 0.5) is 8.78 Å². The molecule has 0 atom stereocenters. The number of halogens is 3. The molecule has 9 heteroatoms. The summed E-state index contributed by atoms with van der Waals surface area (Å²) in [4.78, 5) is 35.2. The van der Waals surface area contributed by atoms with Gasteiger partial charge in [-0.1, -0.05) is 23.7 Å². The van der Waals surface area contributed by atoms with Crippen molar-refractivity contribution in [2.45, 2.75) is 6.61 Å². The highest BCUT2D eigenvalue weighted by atomic mass is 35.5. The molecular weight excluding hydrogens is 396 g/mol. The summed E-state index contributed by atoms with van der Waals surface area (Å²) >= 11 is 5.82. The fraction of sp³-hybridized carbons (Fsp3) is 0.105. The molecule has 0 unspecified atom stereocenters. The molecule has 6 nitrogen and oxygen atoms in total. The summed E-state index contributed by atoms with van der Waals surface area (Å²) in [7, 11) is 0. The van der Waals surface area contributed by atoms with E-state index in [1.54, 1.807) is 24.3 Å². The Kier molecular flexibility index (Phi) is 7.65. The fourth-order valence-electron chi connectivity index (χ4n) is 1.98. The molecular formula is C19H14ClF2NO5. The van der Waals surface area contributed by atoms with E-state index < -0.39 is 31.0 Å². The fourth-order valence-corrected chi connectivity index (χ4v) is 2.18. The van der Waals surface area contributed by atoms with Crippen LogP contribution in [-0.4, -0.2) is 31.0 Å². The van der Waals surface area contributed by atoms with E-state index in [9.17, 15) is 23.2 Å². The Morgan fingerprint density at radius 2 is 1.82 bits per heavy atom. The summed E-state index contributed by atoms with van der Waals surface area (Å²) in [5.41, 5.74) is 0.713. The van der Waals surface area contributed by atoms with E-state index >= 15 is 0 Å². The van der Waals surface area contributed by atoms with Crippen molar-refractivity contribution in [1.82, 2.24) is 5.32 Å². The van der Waals surface area contributed by atoms with Gasteiger partial charge in [-0.05, 0) is 48.0 Å². The number of esters is 1. The number of benzene rings is 2. The van der Waals surface area contributed by atoms with Crippen molar-refractivity contribution in [2.75, 3.05) is 6.61 Å². The molecule has 1 N–H and O–H groups in total. The lowest BCUT2D eigenvalue weighted by Crippen LogP contribution is -2.34. The van der Waals surface area contributed by atoms with E-state index in [4.69, 9.17) is 16.3 Å². The third-order valence-electron chi connectivity index (χ3n) is 3.20. The topological polar surface area (TPSA) is 81.7 Å². The molecule has 0 spiro atoms. The van der Waals surface area contributed by atoms with Crippen LogP contribution in [0.25, 0.3) is 6.08 Å². The smallest absolute Gasteiger partial charge is 0.387 e. The van der Waals surface area contributed by atoms with E-state index in [0.717, 1.165) is 18.2 Å². The Morgan fingerprint density at radius 3 is 2.46 bits per heavy atom. The maximum absolute atomic E-state index is 12.1. The molecule has 2 rings (SSSR count). The first-order chi connectivity index (χ1) is 13.3. The number of hydrogen-bond donors (Lipinski definition) is 1. The zero-order valence-electron chi connectivity index (χ0n) is 14.2. The van der Waals surface area contributed by atoms with E-state index in [1.807, 2.05) is 5.32 Å². The van der Waals surface area contributed by atoms with E-state index in [0.29, 0.717) is 10.6 Å². The highest BCUT2D eigenvalue weighted by Crippen LogP contribution is 2.15. The number of carbonyl (C=O) groups excluding carboxylic acids is 3. The summed E-state index contributed by atoms with van der Waals surface area (Å²) < 4.78 is 33.0. The predicted molar refractivity (Wildman–Crippen MR) is 97.0 cm³/mol. The van der Waals surface area contributed by atoms with Gasteiger partial charge in [-0.3, -0.25) is 14.9 Å². The SMILES string of the molecule is O=C(COC(=O)/C=C/c1cccc(Cl)c1)NC(=O)c1ccc(OC(F)F)cc1. The second-order valence-corrected chi connectivity index (χ2v) is 5.71. The monoisotopic (exact) mass is 409 g/mol. The van der Waals surface area contributed by atoms with Crippen molar-refractivity contribution < 1.29 is 32.6 Å². The molecule has 0 aliphatic heterocycles. The highest BCUT2D eigenvalue weighted by molar-refractivity contribution is 6.30. The number of amides is 2. The van der Waals surface area contributed by atoms with Gasteiger partial charge >= 0.3 is 12.6 Å². The van der Waals surface area contributed by atoms with Crippen molar-refractivity contribution >= 4 is 35.5 Å². The van der Waals surface area contributed by atoms with Crippen molar-refractivity contribution in [3.8, 4) is 5.75 Å². The third kappa shape index (κ3) is 7.16. The maximum atomic E-state index is 12.1. The first-order valence-electron chi connectivity index (χ1n) is 7.83. The van der Waals surface area contributed by atoms with Crippen LogP contribution in [0.3, 0.4) is 0 Å². The van der Waals surface area contributed by atoms with Gasteiger partial charge in [0.1, 0.15) is 5.75 Å². The number of nitrogens with one attached hydrogen (secondary N) is 1. The number of rotatable bonds is 7. The van der Waals surface area contributed by atoms with E-state index in [-0.39, 0.29) is 11.3 Å². The molecule has 0 bridgehead atoms. The van der Waals surface area contributed by atoms with Gasteiger partial charge in [0.25, 0.3) is 11.8 Å². The number of imide groups is 1. The van der Waals surface area contributed by atoms with Crippen LogP contribution in [0.15, 0.2) is 54.6 Å². The molecule has 0 fully saturated rings. The molecule has 28 heavy (non-hydrogen) atoms. The lowest BCUT2D eigenvalue weighted by molar-refractivity contribution is -0.143. The summed E-state index contributed by atoms with van der Waals surface area (Å²) in [5, 5.41) is 2.51. The van der Waals surface area contributed by atoms with Crippen molar-refractivity contribution in [1.29, 1.82) is 0 Å². The van der Waals surface area contributed by atoms with E-state index in [2.05, 4.69) is 4.74 Å². The molecule has 2 amide bonds. The normalized spacial score (nSPS) is 10.7. The Bertz CT molecular complexity index is 884. The molecule has 0 aliphatic carbocycles. The van der Waals surface area contributed by atoms with Gasteiger partial charge < -0.3 is 9.47 Å². The quantitative estimate of drug-likeness (QED) is 0.559. The lowest BCUT2D eigenvalue weighted by Gasteiger charge is -2.06. The highest BCUT2D eigenvalue weighted by Gasteiger charge is 2.12. The van der Waals surface area contributed by atoms with Gasteiger partial charge in [-0.2, -0.15) is 8.78 Å². The Hall–Kier alpha value is -3.26. The minimum Gasteiger partial charge on any atom is -0.452 e. The number of hydrogen-bond acceptors (Lipinski definition) is 5. The molecule has 2 aromatic carbocycles. The molecule has 146 valence electrons. The summed E-state index contributed by atoms with van der Waals surface area (Å²) in [6.45, 7) is -3.65. The molecule has 0 radical (unpaired) electrons. The van der Waals surface area contributed by atoms with Crippen LogP contribution < -0.4 is 10.1 Å². The predicted octanol–water partition coefficient (Wildman–Crippen LogP) is 3.45. The van der Waals surface area contributed by atoms with Gasteiger partial charge in [-0.15, -0.1) is 0 Å². The van der Waals surface area contributed by atoms with Crippen LogP contribution >= 0.6 is 11.6 Å². The summed E-state index contributed by atoms with van der Waals surface area (Å²) in [5.74, 6) is -2.53. The number of ether oxygens (including phenoxy) is 2. The van der Waals surface area contributed by atoms with Crippen LogP contribution in [0.1, 0.15) is 15.9 Å². The second-order valence-electron chi connectivity index (χ2n) is 5.28.